The number of nitrogens with zero attached hydrogens (tertiary/aromatic N) is 1. The Morgan fingerprint density at radius 3 is 2.11 bits per heavy atom. The van der Waals surface area contributed by atoms with Crippen LogP contribution >= 0.6 is 11.8 Å². The molecule has 7 heteroatoms. The van der Waals surface area contributed by atoms with Gasteiger partial charge in [0.1, 0.15) is 6.54 Å². The van der Waals surface area contributed by atoms with Gasteiger partial charge in [0.25, 0.3) is 0 Å². The first-order valence-corrected chi connectivity index (χ1v) is 11.9. The van der Waals surface area contributed by atoms with Crippen molar-refractivity contribution in [1.29, 1.82) is 0 Å². The fourth-order valence-corrected chi connectivity index (χ4v) is 4.85. The molecule has 2 aromatic rings. The summed E-state index contributed by atoms with van der Waals surface area (Å²) in [4.78, 5) is 13.5. The molecule has 0 bridgehead atoms. The fourth-order valence-electron chi connectivity index (χ4n) is 3.11. The number of nitrogens with one attached hydrogen (secondary N) is 1. The van der Waals surface area contributed by atoms with Crippen LogP contribution in [0.2, 0.25) is 0 Å². The van der Waals surface area contributed by atoms with E-state index in [1.165, 1.54) is 9.87 Å². The average Bonchev–Trinajstić information content (AvgIpc) is 2.57. The van der Waals surface area contributed by atoms with E-state index in [-0.39, 0.29) is 12.5 Å². The molecule has 0 aliphatic carbocycles. The predicted molar refractivity (Wildman–Crippen MR) is 118 cm³/mol. The molecule has 5 nitrogen and oxygen atoms in total. The first kappa shape index (κ1) is 22.3. The number of hydrogen-bond donors (Lipinski definition) is 1. The molecule has 1 N–H and O–H groups in total. The van der Waals surface area contributed by atoms with Crippen LogP contribution in [0.25, 0.3) is 0 Å². The minimum Gasteiger partial charge on any atom is -0.354 e. The second-order valence-electron chi connectivity index (χ2n) is 7.03. The smallest absolute Gasteiger partial charge is 0.240 e. The highest BCUT2D eigenvalue weighted by Crippen LogP contribution is 2.28. The maximum atomic E-state index is 12.4. The molecule has 0 aromatic heterocycles. The van der Waals surface area contributed by atoms with E-state index in [4.69, 9.17) is 0 Å². The molecule has 0 unspecified atom stereocenters. The number of sulfonamides is 1. The highest BCUT2D eigenvalue weighted by atomic mass is 32.2. The number of benzene rings is 2. The predicted octanol–water partition coefficient (Wildman–Crippen LogP) is 3.59. The zero-order valence-corrected chi connectivity index (χ0v) is 18.7. The van der Waals surface area contributed by atoms with Crippen molar-refractivity contribution in [3.05, 3.63) is 58.7 Å². The van der Waals surface area contributed by atoms with Gasteiger partial charge >= 0.3 is 0 Å². The number of hydrogen-bond acceptors (Lipinski definition) is 4. The number of carbonyl (C=O) groups excluding carboxylic acids is 1. The summed E-state index contributed by atoms with van der Waals surface area (Å²) in [5.74, 6) is 0.408. The lowest BCUT2D eigenvalue weighted by molar-refractivity contribution is -0.119. The van der Waals surface area contributed by atoms with Gasteiger partial charge in [0.05, 0.1) is 11.9 Å². The fraction of sp³-hybridized carbons (Fsp3) is 0.381. The van der Waals surface area contributed by atoms with Crippen LogP contribution in [0.3, 0.4) is 0 Å². The van der Waals surface area contributed by atoms with Gasteiger partial charge in [-0.2, -0.15) is 0 Å². The van der Waals surface area contributed by atoms with Crippen LogP contribution in [0.15, 0.2) is 41.3 Å². The minimum absolute atomic E-state index is 0.223. The lowest BCUT2D eigenvalue weighted by Crippen LogP contribution is -2.41. The Balaban J connectivity index is 1.99. The molecule has 0 atom stereocenters. The molecule has 152 valence electrons. The standard InChI is InChI=1S/C21H28N2O3S2/c1-15-6-8-19(9-7-15)27-11-10-22-20(24)14-23(28(5,25)26)21-17(3)12-16(2)13-18(21)4/h6-9,12-13H,10-11,14H2,1-5H3,(H,22,24). The van der Waals surface area contributed by atoms with Crippen LogP contribution in [-0.4, -0.2) is 39.4 Å². The van der Waals surface area contributed by atoms with Gasteiger partial charge in [0.2, 0.25) is 15.9 Å². The van der Waals surface area contributed by atoms with Crippen LogP contribution in [0, 0.1) is 27.7 Å². The molecule has 0 spiro atoms. The SMILES string of the molecule is Cc1ccc(SCCNC(=O)CN(c2c(C)cc(C)cc2C)S(C)(=O)=O)cc1. The molecule has 0 aliphatic heterocycles. The van der Waals surface area contributed by atoms with E-state index in [2.05, 4.69) is 29.6 Å². The van der Waals surface area contributed by atoms with Gasteiger partial charge in [-0.1, -0.05) is 35.4 Å². The average molecular weight is 421 g/mol. The Morgan fingerprint density at radius 1 is 1.00 bits per heavy atom. The van der Waals surface area contributed by atoms with Gasteiger partial charge in [0, 0.05) is 17.2 Å². The molecule has 0 aliphatic rings. The Morgan fingerprint density at radius 2 is 1.57 bits per heavy atom. The summed E-state index contributed by atoms with van der Waals surface area (Å²) in [7, 11) is -3.58. The summed E-state index contributed by atoms with van der Waals surface area (Å²) >= 11 is 1.65. The Labute approximate surface area is 172 Å². The molecular formula is C21H28N2O3S2. The van der Waals surface area contributed by atoms with Gasteiger partial charge in [-0.05, 0) is 51.0 Å². The highest BCUT2D eigenvalue weighted by molar-refractivity contribution is 7.99. The monoisotopic (exact) mass is 420 g/mol. The van der Waals surface area contributed by atoms with E-state index in [1.807, 2.05) is 39.8 Å². The van der Waals surface area contributed by atoms with Crippen LogP contribution < -0.4 is 9.62 Å². The van der Waals surface area contributed by atoms with Crippen molar-refractivity contribution in [2.24, 2.45) is 0 Å². The molecule has 0 heterocycles. The number of aryl methyl sites for hydroxylation is 4. The summed E-state index contributed by atoms with van der Waals surface area (Å²) in [6, 6.07) is 12.1. The zero-order valence-electron chi connectivity index (χ0n) is 17.1. The Hall–Kier alpha value is -1.99. The molecule has 2 rings (SSSR count). The molecule has 0 saturated carbocycles. The maximum Gasteiger partial charge on any atom is 0.240 e. The van der Waals surface area contributed by atoms with E-state index in [0.717, 1.165) is 33.6 Å². The molecule has 0 radical (unpaired) electrons. The normalized spacial score (nSPS) is 11.3. The van der Waals surface area contributed by atoms with Crippen LogP contribution in [0.1, 0.15) is 22.3 Å². The van der Waals surface area contributed by atoms with Crippen LogP contribution in [-0.2, 0) is 14.8 Å². The van der Waals surface area contributed by atoms with Gasteiger partial charge in [-0.3, -0.25) is 9.10 Å². The molecule has 0 fully saturated rings. The Bertz CT molecular complexity index is 916. The number of rotatable bonds is 8. The third-order valence-corrected chi connectivity index (χ3v) is 6.41. The first-order chi connectivity index (χ1) is 13.1. The third-order valence-electron chi connectivity index (χ3n) is 4.29. The van der Waals surface area contributed by atoms with Crippen molar-refractivity contribution in [3.8, 4) is 0 Å². The lowest BCUT2D eigenvalue weighted by Gasteiger charge is -2.26. The number of carbonyl (C=O) groups is 1. The van der Waals surface area contributed by atoms with E-state index in [0.29, 0.717) is 12.2 Å². The Kier molecular flexibility index (Phi) is 7.55. The second kappa shape index (κ2) is 9.47. The van der Waals surface area contributed by atoms with Gasteiger partial charge < -0.3 is 5.32 Å². The number of anilines is 1. The van der Waals surface area contributed by atoms with Crippen molar-refractivity contribution in [1.82, 2.24) is 5.32 Å². The number of amides is 1. The van der Waals surface area contributed by atoms with Gasteiger partial charge in [0.15, 0.2) is 0 Å². The zero-order chi connectivity index (χ0) is 20.9. The van der Waals surface area contributed by atoms with Crippen molar-refractivity contribution in [2.45, 2.75) is 32.6 Å². The van der Waals surface area contributed by atoms with E-state index < -0.39 is 10.0 Å². The quantitative estimate of drug-likeness (QED) is 0.523. The summed E-state index contributed by atoms with van der Waals surface area (Å²) in [6.45, 7) is 7.99. The van der Waals surface area contributed by atoms with Crippen LogP contribution in [0.5, 0.6) is 0 Å². The van der Waals surface area contributed by atoms with Crippen molar-refractivity contribution in [3.63, 3.8) is 0 Å². The third kappa shape index (κ3) is 6.27. The van der Waals surface area contributed by atoms with Crippen molar-refractivity contribution in [2.75, 3.05) is 29.4 Å². The van der Waals surface area contributed by atoms with E-state index >= 15 is 0 Å². The topological polar surface area (TPSA) is 66.5 Å². The lowest BCUT2D eigenvalue weighted by atomic mass is 10.1. The molecule has 28 heavy (non-hydrogen) atoms. The van der Waals surface area contributed by atoms with E-state index in [9.17, 15) is 13.2 Å². The number of thioether (sulfide) groups is 1. The van der Waals surface area contributed by atoms with Crippen molar-refractivity contribution >= 4 is 33.4 Å². The molecule has 2 aromatic carbocycles. The summed E-state index contributed by atoms with van der Waals surface area (Å²) in [5.41, 5.74) is 4.53. The molecular weight excluding hydrogens is 392 g/mol. The summed E-state index contributed by atoms with van der Waals surface area (Å²) in [5, 5.41) is 2.82. The highest BCUT2D eigenvalue weighted by Gasteiger charge is 2.24. The van der Waals surface area contributed by atoms with Gasteiger partial charge in [-0.25, -0.2) is 8.42 Å². The van der Waals surface area contributed by atoms with Crippen molar-refractivity contribution < 1.29 is 13.2 Å². The van der Waals surface area contributed by atoms with Crippen LogP contribution in [0.4, 0.5) is 5.69 Å². The minimum atomic E-state index is -3.58. The summed E-state index contributed by atoms with van der Waals surface area (Å²) < 4.78 is 25.9. The molecule has 1 amide bonds. The second-order valence-corrected chi connectivity index (χ2v) is 10.1. The first-order valence-electron chi connectivity index (χ1n) is 9.09. The summed E-state index contributed by atoms with van der Waals surface area (Å²) in [6.07, 6.45) is 1.13. The van der Waals surface area contributed by atoms with Gasteiger partial charge in [-0.15, -0.1) is 11.8 Å². The van der Waals surface area contributed by atoms with E-state index in [1.54, 1.807) is 11.8 Å². The largest absolute Gasteiger partial charge is 0.354 e. The molecule has 0 saturated heterocycles. The maximum absolute atomic E-state index is 12.4.